The van der Waals surface area contributed by atoms with Crippen molar-refractivity contribution in [1.29, 1.82) is 0 Å². The summed E-state index contributed by atoms with van der Waals surface area (Å²) < 4.78 is 4.65. The zero-order valence-electron chi connectivity index (χ0n) is 18.9. The highest BCUT2D eigenvalue weighted by atomic mass is 35.5. The minimum absolute atomic E-state index is 0.748. The van der Waals surface area contributed by atoms with Crippen LogP contribution >= 0.6 is 17.6 Å². The van der Waals surface area contributed by atoms with Crippen molar-refractivity contribution >= 4 is 57.2 Å². The van der Waals surface area contributed by atoms with Crippen molar-refractivity contribution in [2.45, 2.75) is 13.5 Å². The molecule has 5 aromatic rings. The average molecular weight is 500 g/mol. The van der Waals surface area contributed by atoms with Crippen LogP contribution in [0.15, 0.2) is 115 Å². The molecule has 0 aliphatic rings. The van der Waals surface area contributed by atoms with Crippen LogP contribution in [0.5, 0.6) is 0 Å². The van der Waals surface area contributed by atoms with Gasteiger partial charge in [0.25, 0.3) is 5.65 Å². The van der Waals surface area contributed by atoms with E-state index in [4.69, 9.17) is 23.4 Å². The van der Waals surface area contributed by atoms with Gasteiger partial charge in [0.05, 0.1) is 12.2 Å². The summed E-state index contributed by atoms with van der Waals surface area (Å²) in [7, 11) is 0. The van der Waals surface area contributed by atoms with E-state index in [-0.39, 0.29) is 0 Å². The van der Waals surface area contributed by atoms with Crippen LogP contribution < -0.4 is 20.4 Å². The predicted octanol–water partition coefficient (Wildman–Crippen LogP) is 5.66. The van der Waals surface area contributed by atoms with E-state index in [9.17, 15) is 0 Å². The lowest BCUT2D eigenvalue weighted by atomic mass is 10.2. The smallest absolute Gasteiger partial charge is 0.223 e. The summed E-state index contributed by atoms with van der Waals surface area (Å²) in [6.07, 6.45) is 6.48. The Morgan fingerprint density at radius 3 is 2.03 bits per heavy atom. The van der Waals surface area contributed by atoms with Gasteiger partial charge in [-0.15, -0.1) is 0 Å². The Bertz CT molecular complexity index is 1460. The molecule has 0 unspecified atom stereocenters. The van der Waals surface area contributed by atoms with E-state index >= 15 is 0 Å². The number of pyridine rings is 1. The van der Waals surface area contributed by atoms with Gasteiger partial charge in [-0.3, -0.25) is 0 Å². The second-order valence-corrected chi connectivity index (χ2v) is 12.9. The quantitative estimate of drug-likeness (QED) is 0.216. The molecule has 5 rings (SSSR count). The third-order valence-electron chi connectivity index (χ3n) is 6.08. The minimum Gasteiger partial charge on any atom is -0.223 e. The first-order chi connectivity index (χ1) is 16.6. The van der Waals surface area contributed by atoms with Gasteiger partial charge in [0, 0.05) is 18.0 Å². The zero-order chi connectivity index (χ0) is 23.5. The Balaban J connectivity index is 1.68. The highest BCUT2D eigenvalue weighted by Gasteiger charge is 2.36. The van der Waals surface area contributed by atoms with Crippen LogP contribution in [0, 0.1) is 6.92 Å². The molecule has 3 aromatic carbocycles. The highest BCUT2D eigenvalue weighted by molar-refractivity contribution is 8.25. The molecule has 0 N–H and O–H groups in total. The zero-order valence-corrected chi connectivity index (χ0v) is 21.3. The molecule has 0 amide bonds. The molecule has 5 heteroatoms. The molecule has 0 atom stereocenters. The highest BCUT2D eigenvalue weighted by Crippen LogP contribution is 2.42. The van der Waals surface area contributed by atoms with Crippen molar-refractivity contribution < 1.29 is 4.40 Å². The van der Waals surface area contributed by atoms with Gasteiger partial charge < -0.3 is 0 Å². The Labute approximate surface area is 210 Å². The molecule has 0 bridgehead atoms. The van der Waals surface area contributed by atoms with E-state index in [0.29, 0.717) is 0 Å². The molecule has 0 spiro atoms. The molecule has 0 saturated carbocycles. The van der Waals surface area contributed by atoms with Crippen molar-refractivity contribution in [2.24, 2.45) is 0 Å². The first kappa shape index (κ1) is 22.8. The normalized spacial score (nSPS) is 11.9. The fourth-order valence-corrected chi connectivity index (χ4v) is 8.98. The maximum atomic E-state index is 6.68. The monoisotopic (exact) mass is 499 g/mol. The lowest BCUT2D eigenvalue weighted by molar-refractivity contribution is -0.490. The molecule has 0 aliphatic carbocycles. The van der Waals surface area contributed by atoms with Gasteiger partial charge in [-0.25, -0.2) is 4.57 Å². The van der Waals surface area contributed by atoms with Gasteiger partial charge in [-0.05, 0) is 40.4 Å². The van der Waals surface area contributed by atoms with Crippen LogP contribution in [0.3, 0.4) is 0 Å². The topological polar surface area (TPSA) is 9.03 Å². The van der Waals surface area contributed by atoms with Gasteiger partial charge in [0.1, 0.15) is 12.2 Å². The molecule has 168 valence electrons. The summed E-state index contributed by atoms with van der Waals surface area (Å²) in [6.45, 7) is 2.95. The molecule has 0 saturated heterocycles. The van der Waals surface area contributed by atoms with E-state index in [1.54, 1.807) is 0 Å². The van der Waals surface area contributed by atoms with Crippen molar-refractivity contribution in [3.63, 3.8) is 0 Å². The van der Waals surface area contributed by atoms with Crippen LogP contribution in [-0.2, 0) is 18.4 Å². The molecule has 2 aromatic heterocycles. The van der Waals surface area contributed by atoms with Crippen LogP contribution in [-0.4, -0.2) is 4.57 Å². The second kappa shape index (κ2) is 9.72. The Morgan fingerprint density at radius 2 is 1.41 bits per heavy atom. The van der Waals surface area contributed by atoms with E-state index in [1.165, 1.54) is 21.7 Å². The lowest BCUT2D eigenvalue weighted by Gasteiger charge is -2.21. The number of halogens is 1. The predicted molar refractivity (Wildman–Crippen MR) is 149 cm³/mol. The van der Waals surface area contributed by atoms with Crippen LogP contribution in [0.4, 0.5) is 0 Å². The number of nitrogens with zero attached hydrogens (tertiary/aromatic N) is 2. The molecular weight excluding hydrogens is 475 g/mol. The Hall–Kier alpha value is -2.97. The SMILES string of the molecule is Cc1c(P(=S)(c2ccccc2)c2ccccc2)[n+]2ccccc2n1CC=Cc1ccc(Cl)cc1. The molecule has 0 aliphatic heterocycles. The Kier molecular flexibility index (Phi) is 6.52. The summed E-state index contributed by atoms with van der Waals surface area (Å²) in [5, 5.41) is 3.15. The van der Waals surface area contributed by atoms with Crippen LogP contribution in [0.2, 0.25) is 5.02 Å². The van der Waals surface area contributed by atoms with E-state index in [1.807, 2.05) is 24.3 Å². The fraction of sp³-hybridized carbons (Fsp3) is 0.0690. The third-order valence-corrected chi connectivity index (χ3v) is 11.3. The molecule has 0 fully saturated rings. The molecule has 2 nitrogen and oxygen atoms in total. The van der Waals surface area contributed by atoms with Crippen molar-refractivity contribution in [1.82, 2.24) is 4.57 Å². The van der Waals surface area contributed by atoms with Gasteiger partial charge in [-0.1, -0.05) is 108 Å². The van der Waals surface area contributed by atoms with Crippen molar-refractivity contribution in [2.75, 3.05) is 0 Å². The summed E-state index contributed by atoms with van der Waals surface area (Å²) in [5.74, 6) is 0. The molecule has 2 heterocycles. The Morgan fingerprint density at radius 1 is 0.824 bits per heavy atom. The number of hydrogen-bond donors (Lipinski definition) is 0. The summed E-state index contributed by atoms with van der Waals surface area (Å²) in [4.78, 5) is 0. The number of fused-ring (bicyclic) bond motifs is 1. The fourth-order valence-electron chi connectivity index (χ4n) is 4.45. The largest absolute Gasteiger partial charge is 0.287 e. The number of benzene rings is 3. The van der Waals surface area contributed by atoms with E-state index in [2.05, 4.69) is 113 Å². The number of imidazole rings is 1. The first-order valence-electron chi connectivity index (χ1n) is 11.2. The number of allylic oxidation sites excluding steroid dienone is 1. The lowest BCUT2D eigenvalue weighted by Crippen LogP contribution is -2.42. The number of aromatic nitrogens is 2. The van der Waals surface area contributed by atoms with Crippen molar-refractivity contribution in [3.05, 3.63) is 132 Å². The summed E-state index contributed by atoms with van der Waals surface area (Å²) in [5.41, 5.74) is 4.67. The maximum absolute atomic E-state index is 6.68. The maximum Gasteiger partial charge on any atom is 0.287 e. The van der Waals surface area contributed by atoms with Gasteiger partial charge in [0.2, 0.25) is 0 Å². The van der Waals surface area contributed by atoms with Crippen LogP contribution in [0.1, 0.15) is 11.3 Å². The molecular formula is C29H25ClN2PS+. The molecule has 0 radical (unpaired) electrons. The van der Waals surface area contributed by atoms with Gasteiger partial charge in [0.15, 0.2) is 5.44 Å². The number of hydrogen-bond acceptors (Lipinski definition) is 1. The average Bonchev–Trinajstić information content (AvgIpc) is 3.17. The van der Waals surface area contributed by atoms with E-state index < -0.39 is 6.04 Å². The van der Waals surface area contributed by atoms with Gasteiger partial charge in [-0.2, -0.15) is 4.40 Å². The standard InChI is InChI=1S/C29H25ClN2PS/c1-23-29(33(34,26-12-4-2-5-13-26)27-14-6-3-7-15-27)32-21-9-8-16-28(32)31(23)22-10-11-24-17-19-25(30)20-18-24/h2-21H,22H2,1H3/q+1. The van der Waals surface area contributed by atoms with Gasteiger partial charge >= 0.3 is 0 Å². The van der Waals surface area contributed by atoms with Crippen LogP contribution in [0.25, 0.3) is 11.7 Å². The third kappa shape index (κ3) is 4.16. The minimum atomic E-state index is -2.30. The van der Waals surface area contributed by atoms with E-state index in [0.717, 1.165) is 22.8 Å². The summed E-state index contributed by atoms with van der Waals surface area (Å²) in [6, 6.07) is 33.1. The number of rotatable bonds is 6. The first-order valence-corrected chi connectivity index (χ1v) is 14.4. The van der Waals surface area contributed by atoms with Crippen molar-refractivity contribution in [3.8, 4) is 0 Å². The second-order valence-electron chi connectivity index (χ2n) is 8.18. The molecule has 34 heavy (non-hydrogen) atoms. The summed E-state index contributed by atoms with van der Waals surface area (Å²) >= 11 is 12.7.